The van der Waals surface area contributed by atoms with Crippen molar-refractivity contribution in [3.05, 3.63) is 65.2 Å². The first-order chi connectivity index (χ1) is 8.22. The van der Waals surface area contributed by atoms with Crippen molar-refractivity contribution in [3.8, 4) is 5.75 Å². The summed E-state index contributed by atoms with van der Waals surface area (Å²) in [5.41, 5.74) is 9.61. The zero-order valence-electron chi connectivity index (χ0n) is 10.2. The summed E-state index contributed by atoms with van der Waals surface area (Å²) in [5, 5.41) is 0. The monoisotopic (exact) mass is 227 g/mol. The van der Waals surface area contributed by atoms with E-state index in [9.17, 15) is 0 Å². The smallest absolute Gasteiger partial charge is 0.123 e. The topological polar surface area (TPSA) is 35.2 Å². The Morgan fingerprint density at radius 3 is 2.29 bits per heavy atom. The molecule has 0 spiro atoms. The van der Waals surface area contributed by atoms with Crippen LogP contribution in [0.2, 0.25) is 0 Å². The molecule has 0 aliphatic heterocycles. The first kappa shape index (κ1) is 11.7. The van der Waals surface area contributed by atoms with E-state index >= 15 is 0 Å². The molecular formula is C15H17NO. The number of nitrogens with two attached hydrogens (primary N) is 1. The van der Waals surface area contributed by atoms with Crippen molar-refractivity contribution >= 4 is 0 Å². The average Bonchev–Trinajstić information content (AvgIpc) is 2.39. The zero-order chi connectivity index (χ0) is 12.3. The van der Waals surface area contributed by atoms with Gasteiger partial charge in [-0.25, -0.2) is 0 Å². The van der Waals surface area contributed by atoms with Crippen molar-refractivity contribution in [3.63, 3.8) is 0 Å². The Bertz CT molecular complexity index is 491. The number of ether oxygens (including phenoxy) is 1. The molecule has 0 saturated carbocycles. The second-order valence-electron chi connectivity index (χ2n) is 4.13. The molecule has 2 N–H and O–H groups in total. The Hall–Kier alpha value is -1.80. The highest BCUT2D eigenvalue weighted by molar-refractivity contribution is 5.41. The second-order valence-corrected chi connectivity index (χ2v) is 4.13. The maximum absolute atomic E-state index is 6.26. The minimum atomic E-state index is -0.147. The van der Waals surface area contributed by atoms with Crippen molar-refractivity contribution in [1.29, 1.82) is 0 Å². The average molecular weight is 227 g/mol. The van der Waals surface area contributed by atoms with Crippen molar-refractivity contribution in [2.75, 3.05) is 7.11 Å². The maximum Gasteiger partial charge on any atom is 0.123 e. The zero-order valence-corrected chi connectivity index (χ0v) is 10.2. The van der Waals surface area contributed by atoms with Crippen LogP contribution in [0.4, 0.5) is 0 Å². The number of para-hydroxylation sites is 1. The third-order valence-corrected chi connectivity index (χ3v) is 2.91. The van der Waals surface area contributed by atoms with Crippen molar-refractivity contribution < 1.29 is 4.74 Å². The minimum Gasteiger partial charge on any atom is -0.496 e. The fourth-order valence-electron chi connectivity index (χ4n) is 1.88. The summed E-state index contributed by atoms with van der Waals surface area (Å²) in [6.07, 6.45) is 0. The quantitative estimate of drug-likeness (QED) is 0.874. The third kappa shape index (κ3) is 2.48. The predicted molar refractivity (Wildman–Crippen MR) is 70.2 cm³/mol. The molecule has 0 fully saturated rings. The van der Waals surface area contributed by atoms with Gasteiger partial charge in [0, 0.05) is 5.56 Å². The van der Waals surface area contributed by atoms with Gasteiger partial charge in [0.25, 0.3) is 0 Å². The number of hydrogen-bond donors (Lipinski definition) is 1. The molecule has 0 bridgehead atoms. The SMILES string of the molecule is COc1ccccc1[C@H](N)c1ccc(C)cc1. The molecule has 88 valence electrons. The molecule has 0 heterocycles. The van der Waals surface area contributed by atoms with E-state index in [1.54, 1.807) is 7.11 Å². The van der Waals surface area contributed by atoms with E-state index in [0.29, 0.717) is 0 Å². The van der Waals surface area contributed by atoms with Crippen LogP contribution in [0.5, 0.6) is 5.75 Å². The minimum absolute atomic E-state index is 0.147. The lowest BCUT2D eigenvalue weighted by Crippen LogP contribution is -2.12. The van der Waals surface area contributed by atoms with Crippen LogP contribution < -0.4 is 10.5 Å². The van der Waals surface area contributed by atoms with E-state index in [-0.39, 0.29) is 6.04 Å². The largest absolute Gasteiger partial charge is 0.496 e. The Balaban J connectivity index is 2.36. The van der Waals surface area contributed by atoms with Gasteiger partial charge in [0.15, 0.2) is 0 Å². The highest BCUT2D eigenvalue weighted by atomic mass is 16.5. The molecule has 2 aromatic carbocycles. The number of rotatable bonds is 3. The number of aryl methyl sites for hydroxylation is 1. The predicted octanol–water partition coefficient (Wildman–Crippen LogP) is 3.05. The van der Waals surface area contributed by atoms with Gasteiger partial charge in [0.05, 0.1) is 13.2 Å². The number of methoxy groups -OCH3 is 1. The lowest BCUT2D eigenvalue weighted by Gasteiger charge is -2.16. The van der Waals surface area contributed by atoms with E-state index in [0.717, 1.165) is 16.9 Å². The summed E-state index contributed by atoms with van der Waals surface area (Å²) in [5.74, 6) is 0.834. The highest BCUT2D eigenvalue weighted by Crippen LogP contribution is 2.27. The molecule has 0 aliphatic carbocycles. The molecule has 0 aromatic heterocycles. The van der Waals surface area contributed by atoms with Crippen molar-refractivity contribution in [2.24, 2.45) is 5.73 Å². The van der Waals surface area contributed by atoms with Crippen LogP contribution in [-0.2, 0) is 0 Å². The molecule has 2 nitrogen and oxygen atoms in total. The van der Waals surface area contributed by atoms with Gasteiger partial charge in [0.1, 0.15) is 5.75 Å². The van der Waals surface area contributed by atoms with Crippen LogP contribution in [-0.4, -0.2) is 7.11 Å². The van der Waals surface area contributed by atoms with E-state index in [2.05, 4.69) is 31.2 Å². The maximum atomic E-state index is 6.26. The van der Waals surface area contributed by atoms with Gasteiger partial charge in [-0.15, -0.1) is 0 Å². The Labute approximate surface area is 102 Å². The van der Waals surface area contributed by atoms with E-state index in [1.807, 2.05) is 24.3 Å². The van der Waals surface area contributed by atoms with E-state index in [4.69, 9.17) is 10.5 Å². The molecule has 0 radical (unpaired) electrons. The summed E-state index contributed by atoms with van der Waals surface area (Å²) in [6.45, 7) is 2.07. The van der Waals surface area contributed by atoms with Gasteiger partial charge >= 0.3 is 0 Å². The van der Waals surface area contributed by atoms with Crippen LogP contribution in [0, 0.1) is 6.92 Å². The fourth-order valence-corrected chi connectivity index (χ4v) is 1.88. The summed E-state index contributed by atoms with van der Waals surface area (Å²) in [6, 6.07) is 16.0. The molecule has 2 aromatic rings. The van der Waals surface area contributed by atoms with Gasteiger partial charge in [-0.05, 0) is 18.6 Å². The fraction of sp³-hybridized carbons (Fsp3) is 0.200. The summed E-state index contributed by atoms with van der Waals surface area (Å²) >= 11 is 0. The molecule has 0 unspecified atom stereocenters. The molecular weight excluding hydrogens is 210 g/mol. The third-order valence-electron chi connectivity index (χ3n) is 2.91. The molecule has 0 saturated heterocycles. The number of hydrogen-bond acceptors (Lipinski definition) is 2. The van der Waals surface area contributed by atoms with Crippen LogP contribution in [0.3, 0.4) is 0 Å². The first-order valence-corrected chi connectivity index (χ1v) is 5.67. The Morgan fingerprint density at radius 2 is 1.65 bits per heavy atom. The molecule has 0 amide bonds. The molecule has 17 heavy (non-hydrogen) atoms. The normalized spacial score (nSPS) is 12.2. The second kappa shape index (κ2) is 5.02. The summed E-state index contributed by atoms with van der Waals surface area (Å²) < 4.78 is 5.33. The van der Waals surface area contributed by atoms with E-state index < -0.39 is 0 Å². The van der Waals surface area contributed by atoms with Crippen LogP contribution in [0.1, 0.15) is 22.7 Å². The van der Waals surface area contributed by atoms with Crippen LogP contribution >= 0.6 is 0 Å². The Kier molecular flexibility index (Phi) is 3.45. The van der Waals surface area contributed by atoms with Crippen molar-refractivity contribution in [1.82, 2.24) is 0 Å². The van der Waals surface area contributed by atoms with Crippen LogP contribution in [0.15, 0.2) is 48.5 Å². The van der Waals surface area contributed by atoms with Gasteiger partial charge in [0.2, 0.25) is 0 Å². The highest BCUT2D eigenvalue weighted by Gasteiger charge is 2.12. The summed E-state index contributed by atoms with van der Waals surface area (Å²) in [4.78, 5) is 0. The first-order valence-electron chi connectivity index (χ1n) is 5.67. The van der Waals surface area contributed by atoms with E-state index in [1.165, 1.54) is 5.56 Å². The lowest BCUT2D eigenvalue weighted by atomic mass is 9.98. The molecule has 2 heteroatoms. The summed E-state index contributed by atoms with van der Waals surface area (Å²) in [7, 11) is 1.67. The van der Waals surface area contributed by atoms with Crippen molar-refractivity contribution in [2.45, 2.75) is 13.0 Å². The standard InChI is InChI=1S/C15H17NO/c1-11-7-9-12(10-8-11)15(16)13-5-3-4-6-14(13)17-2/h3-10,15H,16H2,1-2H3/t15-/m1/s1. The molecule has 2 rings (SSSR count). The van der Waals surface area contributed by atoms with Gasteiger partial charge in [-0.2, -0.15) is 0 Å². The van der Waals surface area contributed by atoms with Gasteiger partial charge in [-0.3, -0.25) is 0 Å². The molecule has 0 aliphatic rings. The molecule has 1 atom stereocenters. The number of benzene rings is 2. The Morgan fingerprint density at radius 1 is 1.00 bits per heavy atom. The lowest BCUT2D eigenvalue weighted by molar-refractivity contribution is 0.408. The van der Waals surface area contributed by atoms with Crippen LogP contribution in [0.25, 0.3) is 0 Å². The van der Waals surface area contributed by atoms with Gasteiger partial charge in [-0.1, -0.05) is 48.0 Å². The van der Waals surface area contributed by atoms with Gasteiger partial charge < -0.3 is 10.5 Å².